The molecule has 0 heterocycles. The van der Waals surface area contributed by atoms with Gasteiger partial charge in [0.1, 0.15) is 13.2 Å². The highest BCUT2D eigenvalue weighted by molar-refractivity contribution is 5.71. The smallest absolute Gasteiger partial charge is 0.306 e. The van der Waals surface area contributed by atoms with Crippen LogP contribution in [-0.4, -0.2) is 37.2 Å². The van der Waals surface area contributed by atoms with E-state index < -0.39 is 6.10 Å². The minimum atomic E-state index is -0.807. The summed E-state index contributed by atoms with van der Waals surface area (Å²) in [6.45, 7) is 6.39. The first-order valence-electron chi connectivity index (χ1n) is 33.5. The summed E-state index contributed by atoms with van der Waals surface area (Å²) < 4.78 is 16.9. The number of carbonyl (C=O) groups is 3. The third-order valence-corrected chi connectivity index (χ3v) is 14.2. The Morgan fingerprint density at radius 1 is 0.263 bits per heavy atom. The Labute approximate surface area is 494 Å². The van der Waals surface area contributed by atoms with E-state index in [0.717, 1.165) is 103 Å². The number of hydrogen-bond donors (Lipinski definition) is 0. The van der Waals surface area contributed by atoms with Crippen molar-refractivity contribution in [2.45, 2.75) is 316 Å². The molecule has 0 aromatic carbocycles. The van der Waals surface area contributed by atoms with Gasteiger partial charge in [0.25, 0.3) is 0 Å². The number of esters is 3. The molecule has 6 nitrogen and oxygen atoms in total. The summed E-state index contributed by atoms with van der Waals surface area (Å²) in [5.74, 6) is -0.956. The van der Waals surface area contributed by atoms with Crippen LogP contribution in [0.1, 0.15) is 310 Å². The molecule has 0 N–H and O–H groups in total. The second-order valence-corrected chi connectivity index (χ2v) is 22.0. The highest BCUT2D eigenvalue weighted by atomic mass is 16.6. The maximum Gasteiger partial charge on any atom is 0.306 e. The fraction of sp³-hybridized carbons (Fsp3) is 0.689. The number of hydrogen-bond acceptors (Lipinski definition) is 6. The molecule has 0 aromatic heterocycles. The molecule has 1 atom stereocenters. The summed E-state index contributed by atoms with van der Waals surface area (Å²) in [4.78, 5) is 38.4. The molecule has 0 amide bonds. The lowest BCUT2D eigenvalue weighted by Gasteiger charge is -2.18. The molecule has 0 aliphatic heterocycles. The van der Waals surface area contributed by atoms with Gasteiger partial charge in [0, 0.05) is 19.3 Å². The van der Waals surface area contributed by atoms with Crippen LogP contribution in [0.4, 0.5) is 0 Å². The highest BCUT2D eigenvalue weighted by Crippen LogP contribution is 2.16. The van der Waals surface area contributed by atoms with Crippen molar-refractivity contribution in [2.24, 2.45) is 0 Å². The zero-order valence-electron chi connectivity index (χ0n) is 52.3. The summed E-state index contributed by atoms with van der Waals surface area (Å²) in [6.07, 6.45) is 93.6. The molecule has 0 aliphatic rings. The average Bonchev–Trinajstić information content (AvgIpc) is 3.46. The number of ether oxygens (including phenoxy) is 3. The molecule has 0 saturated carbocycles. The van der Waals surface area contributed by atoms with Crippen molar-refractivity contribution in [3.8, 4) is 0 Å². The Hall–Kier alpha value is -4.19. The van der Waals surface area contributed by atoms with Crippen molar-refractivity contribution in [3.63, 3.8) is 0 Å². The first-order valence-corrected chi connectivity index (χ1v) is 33.5. The van der Waals surface area contributed by atoms with Gasteiger partial charge in [-0.15, -0.1) is 0 Å². The molecule has 456 valence electrons. The van der Waals surface area contributed by atoms with Crippen molar-refractivity contribution >= 4 is 17.9 Å². The number of allylic oxidation sites excluding steroid dienone is 20. The largest absolute Gasteiger partial charge is 0.462 e. The van der Waals surface area contributed by atoms with Gasteiger partial charge in [-0.3, -0.25) is 14.4 Å². The molecule has 0 saturated heterocycles. The van der Waals surface area contributed by atoms with E-state index in [9.17, 15) is 14.4 Å². The van der Waals surface area contributed by atoms with Crippen LogP contribution in [0, 0.1) is 0 Å². The fourth-order valence-electron chi connectivity index (χ4n) is 9.23. The predicted molar refractivity (Wildman–Crippen MR) is 348 cm³/mol. The van der Waals surface area contributed by atoms with Gasteiger partial charge in [-0.25, -0.2) is 0 Å². The Bertz CT molecular complexity index is 1650. The van der Waals surface area contributed by atoms with E-state index in [2.05, 4.69) is 142 Å². The second-order valence-electron chi connectivity index (χ2n) is 22.0. The zero-order valence-corrected chi connectivity index (χ0v) is 52.3. The number of unbranched alkanes of at least 4 members (excludes halogenated alkanes) is 29. The summed E-state index contributed by atoms with van der Waals surface area (Å²) in [6, 6.07) is 0. The van der Waals surface area contributed by atoms with E-state index in [1.165, 1.54) is 161 Å². The van der Waals surface area contributed by atoms with E-state index in [-0.39, 0.29) is 37.5 Å². The molecule has 0 bridgehead atoms. The third-order valence-electron chi connectivity index (χ3n) is 14.2. The summed E-state index contributed by atoms with van der Waals surface area (Å²) in [5, 5.41) is 0. The highest BCUT2D eigenvalue weighted by Gasteiger charge is 2.19. The van der Waals surface area contributed by atoms with Crippen LogP contribution in [0.15, 0.2) is 122 Å². The van der Waals surface area contributed by atoms with Gasteiger partial charge < -0.3 is 14.2 Å². The van der Waals surface area contributed by atoms with Crippen molar-refractivity contribution in [1.29, 1.82) is 0 Å². The van der Waals surface area contributed by atoms with Gasteiger partial charge in [0.15, 0.2) is 6.10 Å². The van der Waals surface area contributed by atoms with E-state index in [1.807, 2.05) is 0 Å². The Balaban J connectivity index is 4.38. The minimum absolute atomic E-state index is 0.0983. The standard InChI is InChI=1S/C74H124O6/c1-4-7-10-13-16-19-22-25-28-31-33-34-35-36-37-38-39-40-41-44-46-49-52-55-58-61-64-67-73(76)79-70-71(69-78-72(75)66-63-60-57-54-51-48-45-42-30-27-24-21-18-15-12-9-6-3)80-74(77)68-65-62-59-56-53-50-47-43-32-29-26-23-20-17-14-11-8-5-2/h7,9-10,12,16,18-19,21,25,27-30,32-34,45,48,54,57,71H,4-6,8,11,13-15,17,20,22-24,26,31,35-44,46-47,49-53,55-56,58-70H2,1-3H3/b10-7-,12-9-,19-16-,21-18-,28-25-,30-27-,32-29-,34-33-,48-45-,57-54-. The fourth-order valence-corrected chi connectivity index (χ4v) is 9.23. The molecular formula is C74H124O6. The monoisotopic (exact) mass is 1110 g/mol. The Morgan fingerprint density at radius 3 is 0.825 bits per heavy atom. The van der Waals surface area contributed by atoms with Crippen LogP contribution >= 0.6 is 0 Å². The van der Waals surface area contributed by atoms with Gasteiger partial charge in [-0.1, -0.05) is 290 Å². The van der Waals surface area contributed by atoms with Gasteiger partial charge in [-0.05, 0) is 122 Å². The topological polar surface area (TPSA) is 78.9 Å². The minimum Gasteiger partial charge on any atom is -0.462 e. The van der Waals surface area contributed by atoms with Crippen LogP contribution in [0.2, 0.25) is 0 Å². The van der Waals surface area contributed by atoms with Crippen molar-refractivity contribution < 1.29 is 28.6 Å². The van der Waals surface area contributed by atoms with Crippen LogP contribution in [-0.2, 0) is 28.6 Å². The van der Waals surface area contributed by atoms with Crippen LogP contribution in [0.5, 0.6) is 0 Å². The lowest BCUT2D eigenvalue weighted by atomic mass is 10.0. The van der Waals surface area contributed by atoms with Gasteiger partial charge in [0.05, 0.1) is 0 Å². The molecule has 1 unspecified atom stereocenters. The van der Waals surface area contributed by atoms with E-state index >= 15 is 0 Å². The van der Waals surface area contributed by atoms with Gasteiger partial charge >= 0.3 is 17.9 Å². The summed E-state index contributed by atoms with van der Waals surface area (Å²) in [5.41, 5.74) is 0. The molecule has 0 aliphatic carbocycles. The van der Waals surface area contributed by atoms with E-state index in [0.29, 0.717) is 19.3 Å². The van der Waals surface area contributed by atoms with Crippen molar-refractivity contribution in [2.75, 3.05) is 13.2 Å². The first kappa shape index (κ1) is 75.8. The van der Waals surface area contributed by atoms with Crippen molar-refractivity contribution in [1.82, 2.24) is 0 Å². The molecule has 0 aromatic rings. The maximum atomic E-state index is 12.9. The van der Waals surface area contributed by atoms with Gasteiger partial charge in [-0.2, -0.15) is 0 Å². The zero-order chi connectivity index (χ0) is 57.8. The molecule has 80 heavy (non-hydrogen) atoms. The number of carbonyl (C=O) groups excluding carboxylic acids is 3. The number of rotatable bonds is 60. The molecular weight excluding hydrogens is 985 g/mol. The normalized spacial score (nSPS) is 12.9. The SMILES string of the molecule is CC/C=C\C/C=C\C/C=C\C/C=C\C/C=C\CCCC(=O)OCC(COC(=O)CCCCCCCCCCCCCCCC/C=C\C/C=C\C/C=C\C/C=C\CC)OC(=O)CCCCCCCCC/C=C\CCCCCCCCC. The van der Waals surface area contributed by atoms with Crippen LogP contribution < -0.4 is 0 Å². The van der Waals surface area contributed by atoms with Crippen LogP contribution in [0.3, 0.4) is 0 Å². The van der Waals surface area contributed by atoms with Gasteiger partial charge in [0.2, 0.25) is 0 Å². The maximum absolute atomic E-state index is 12.9. The van der Waals surface area contributed by atoms with Crippen LogP contribution in [0.25, 0.3) is 0 Å². The molecule has 0 radical (unpaired) electrons. The average molecular weight is 1110 g/mol. The molecule has 0 spiro atoms. The lowest BCUT2D eigenvalue weighted by molar-refractivity contribution is -0.167. The predicted octanol–water partition coefficient (Wildman–Crippen LogP) is 23.2. The lowest BCUT2D eigenvalue weighted by Crippen LogP contribution is -2.30. The second kappa shape index (κ2) is 67.3. The molecule has 0 fully saturated rings. The summed E-state index contributed by atoms with van der Waals surface area (Å²) in [7, 11) is 0. The first-order chi connectivity index (χ1) is 39.5. The van der Waals surface area contributed by atoms with E-state index in [4.69, 9.17) is 14.2 Å². The van der Waals surface area contributed by atoms with Crippen molar-refractivity contribution in [3.05, 3.63) is 122 Å². The molecule has 6 heteroatoms. The Kier molecular flexibility index (Phi) is 63.8. The Morgan fingerprint density at radius 2 is 0.500 bits per heavy atom. The van der Waals surface area contributed by atoms with E-state index in [1.54, 1.807) is 0 Å². The quantitative estimate of drug-likeness (QED) is 0.0261. The molecule has 0 rings (SSSR count). The summed E-state index contributed by atoms with van der Waals surface area (Å²) >= 11 is 0. The third kappa shape index (κ3) is 64.6.